The van der Waals surface area contributed by atoms with Crippen LogP contribution in [-0.4, -0.2) is 25.7 Å². The van der Waals surface area contributed by atoms with Gasteiger partial charge in [-0.2, -0.15) is 8.78 Å². The van der Waals surface area contributed by atoms with Crippen molar-refractivity contribution in [3.05, 3.63) is 28.2 Å². The van der Waals surface area contributed by atoms with Gasteiger partial charge in [-0.15, -0.1) is 0 Å². The number of benzene rings is 1. The Morgan fingerprint density at radius 1 is 1.40 bits per heavy atom. The molecule has 0 unspecified atom stereocenters. The number of aliphatic imine (C=N–C) groups is 1. The molecule has 1 aromatic rings. The molecule has 7 heteroatoms. The molecular weight excluding hydrogens is 332 g/mol. The number of ether oxygens (including phenoxy) is 1. The molecule has 0 radical (unpaired) electrons. The van der Waals surface area contributed by atoms with Gasteiger partial charge in [0.05, 0.1) is 0 Å². The Morgan fingerprint density at radius 3 is 2.65 bits per heavy atom. The molecule has 1 aromatic carbocycles. The van der Waals surface area contributed by atoms with Crippen molar-refractivity contribution in [3.63, 3.8) is 0 Å². The molecule has 0 amide bonds. The van der Waals surface area contributed by atoms with E-state index in [4.69, 9.17) is 0 Å². The van der Waals surface area contributed by atoms with Gasteiger partial charge < -0.3 is 15.4 Å². The maximum Gasteiger partial charge on any atom is 0.387 e. The Bertz CT molecular complexity index is 467. The maximum absolute atomic E-state index is 12.3. The summed E-state index contributed by atoms with van der Waals surface area (Å²) >= 11 is 3.31. The second-order valence-electron chi connectivity index (χ2n) is 4.36. The molecular formula is C13H18BrF2N3O. The summed E-state index contributed by atoms with van der Waals surface area (Å²) in [4.78, 5) is 4.05. The van der Waals surface area contributed by atoms with Crippen LogP contribution in [0.15, 0.2) is 27.7 Å². The highest BCUT2D eigenvalue weighted by Crippen LogP contribution is 2.24. The number of rotatable bonds is 5. The highest BCUT2D eigenvalue weighted by molar-refractivity contribution is 9.10. The standard InChI is InChI=1S/C13H18BrF2N3O/c1-8(2)19-13(17-3)18-7-9-6-10(14)4-5-11(9)20-12(15)16/h4-6,8,12H,7H2,1-3H3,(H2,17,18,19). The lowest BCUT2D eigenvalue weighted by Gasteiger charge is -2.16. The Balaban J connectivity index is 2.77. The van der Waals surface area contributed by atoms with E-state index in [-0.39, 0.29) is 11.8 Å². The summed E-state index contributed by atoms with van der Waals surface area (Å²) < 4.78 is 30.0. The van der Waals surface area contributed by atoms with Gasteiger partial charge in [0.1, 0.15) is 5.75 Å². The molecule has 0 aromatic heterocycles. The van der Waals surface area contributed by atoms with Crippen LogP contribution < -0.4 is 15.4 Å². The SMILES string of the molecule is CN=C(NCc1cc(Br)ccc1OC(F)F)NC(C)C. The second-order valence-corrected chi connectivity index (χ2v) is 5.27. The molecule has 0 bridgehead atoms. The van der Waals surface area contributed by atoms with Gasteiger partial charge in [-0.05, 0) is 32.0 Å². The first-order chi connectivity index (χ1) is 9.42. The maximum atomic E-state index is 12.3. The van der Waals surface area contributed by atoms with Crippen LogP contribution in [0.25, 0.3) is 0 Å². The molecule has 4 nitrogen and oxygen atoms in total. The van der Waals surface area contributed by atoms with E-state index in [1.165, 1.54) is 6.07 Å². The number of halogens is 3. The zero-order valence-electron chi connectivity index (χ0n) is 11.6. The van der Waals surface area contributed by atoms with E-state index in [1.807, 2.05) is 13.8 Å². The third-order valence-electron chi connectivity index (χ3n) is 2.33. The summed E-state index contributed by atoms with van der Waals surface area (Å²) in [6, 6.07) is 5.11. The average Bonchev–Trinajstić information content (AvgIpc) is 2.36. The summed E-state index contributed by atoms with van der Waals surface area (Å²) in [5.74, 6) is 0.749. The molecule has 0 aliphatic heterocycles. The van der Waals surface area contributed by atoms with Crippen molar-refractivity contribution in [2.45, 2.75) is 33.0 Å². The van der Waals surface area contributed by atoms with Crippen LogP contribution in [0, 0.1) is 0 Å². The molecule has 0 atom stereocenters. The van der Waals surface area contributed by atoms with E-state index in [0.717, 1.165) is 4.47 Å². The van der Waals surface area contributed by atoms with Crippen molar-refractivity contribution in [1.82, 2.24) is 10.6 Å². The van der Waals surface area contributed by atoms with E-state index in [0.29, 0.717) is 18.1 Å². The number of hydrogen-bond donors (Lipinski definition) is 2. The molecule has 2 N–H and O–H groups in total. The lowest BCUT2D eigenvalue weighted by Crippen LogP contribution is -2.40. The lowest BCUT2D eigenvalue weighted by atomic mass is 10.2. The van der Waals surface area contributed by atoms with Crippen LogP contribution in [0.5, 0.6) is 5.75 Å². The minimum absolute atomic E-state index is 0.149. The molecule has 0 aliphatic rings. The summed E-state index contributed by atoms with van der Waals surface area (Å²) in [6.07, 6.45) is 0. The van der Waals surface area contributed by atoms with Crippen molar-refractivity contribution in [1.29, 1.82) is 0 Å². The van der Waals surface area contributed by atoms with Crippen LogP contribution in [-0.2, 0) is 6.54 Å². The highest BCUT2D eigenvalue weighted by Gasteiger charge is 2.11. The van der Waals surface area contributed by atoms with Crippen LogP contribution in [0.4, 0.5) is 8.78 Å². The number of guanidine groups is 1. The third kappa shape index (κ3) is 5.73. The topological polar surface area (TPSA) is 45.7 Å². The van der Waals surface area contributed by atoms with Gasteiger partial charge in [0.25, 0.3) is 0 Å². The first kappa shape index (κ1) is 16.7. The molecule has 0 spiro atoms. The van der Waals surface area contributed by atoms with E-state index >= 15 is 0 Å². The summed E-state index contributed by atoms with van der Waals surface area (Å²) in [6.45, 7) is 1.45. The van der Waals surface area contributed by atoms with Crippen LogP contribution in [0.2, 0.25) is 0 Å². The molecule has 20 heavy (non-hydrogen) atoms. The number of alkyl halides is 2. The third-order valence-corrected chi connectivity index (χ3v) is 2.83. The smallest absolute Gasteiger partial charge is 0.387 e. The zero-order chi connectivity index (χ0) is 15.1. The van der Waals surface area contributed by atoms with Crippen LogP contribution >= 0.6 is 15.9 Å². The van der Waals surface area contributed by atoms with Crippen molar-refractivity contribution in [2.75, 3.05) is 7.05 Å². The van der Waals surface area contributed by atoms with Crippen molar-refractivity contribution < 1.29 is 13.5 Å². The first-order valence-electron chi connectivity index (χ1n) is 6.12. The summed E-state index contributed by atoms with van der Waals surface area (Å²) in [5, 5.41) is 6.16. The van der Waals surface area contributed by atoms with Gasteiger partial charge in [0.2, 0.25) is 0 Å². The Morgan fingerprint density at radius 2 is 2.10 bits per heavy atom. The zero-order valence-corrected chi connectivity index (χ0v) is 13.2. The Kier molecular flexibility index (Phi) is 6.70. The van der Waals surface area contributed by atoms with Gasteiger partial charge in [0.15, 0.2) is 5.96 Å². The molecule has 0 saturated heterocycles. The molecule has 112 valence electrons. The average molecular weight is 350 g/mol. The first-order valence-corrected chi connectivity index (χ1v) is 6.92. The van der Waals surface area contributed by atoms with Gasteiger partial charge in [0, 0.05) is 29.7 Å². The predicted octanol–water partition coefficient (Wildman–Crippen LogP) is 3.12. The largest absolute Gasteiger partial charge is 0.434 e. The van der Waals surface area contributed by atoms with E-state index in [9.17, 15) is 8.78 Å². The van der Waals surface area contributed by atoms with Crippen molar-refractivity contribution in [3.8, 4) is 5.75 Å². The molecule has 0 aliphatic carbocycles. The van der Waals surface area contributed by atoms with Gasteiger partial charge in [-0.1, -0.05) is 15.9 Å². The summed E-state index contributed by atoms with van der Waals surface area (Å²) in [7, 11) is 1.65. The minimum Gasteiger partial charge on any atom is -0.434 e. The number of nitrogens with one attached hydrogen (secondary N) is 2. The fourth-order valence-electron chi connectivity index (χ4n) is 1.54. The monoisotopic (exact) mass is 349 g/mol. The lowest BCUT2D eigenvalue weighted by molar-refractivity contribution is -0.0504. The quantitative estimate of drug-likeness (QED) is 0.634. The van der Waals surface area contributed by atoms with E-state index < -0.39 is 6.61 Å². The fourth-order valence-corrected chi connectivity index (χ4v) is 1.95. The van der Waals surface area contributed by atoms with Gasteiger partial charge in [-0.25, -0.2) is 0 Å². The number of hydrogen-bond acceptors (Lipinski definition) is 2. The molecule has 1 rings (SSSR count). The normalized spacial score (nSPS) is 11.9. The molecule has 0 fully saturated rings. The van der Waals surface area contributed by atoms with Crippen LogP contribution in [0.1, 0.15) is 19.4 Å². The van der Waals surface area contributed by atoms with Crippen molar-refractivity contribution >= 4 is 21.9 Å². The molecule has 0 saturated carbocycles. The van der Waals surface area contributed by atoms with E-state index in [1.54, 1.807) is 19.2 Å². The molecule has 0 heterocycles. The van der Waals surface area contributed by atoms with Crippen LogP contribution in [0.3, 0.4) is 0 Å². The Labute approximate surface area is 125 Å². The van der Waals surface area contributed by atoms with Crippen molar-refractivity contribution in [2.24, 2.45) is 4.99 Å². The highest BCUT2D eigenvalue weighted by atomic mass is 79.9. The Hall–Kier alpha value is -1.37. The van der Waals surface area contributed by atoms with Gasteiger partial charge in [-0.3, -0.25) is 4.99 Å². The summed E-state index contributed by atoms with van der Waals surface area (Å²) in [5.41, 5.74) is 0.617. The van der Waals surface area contributed by atoms with E-state index in [2.05, 4.69) is 36.3 Å². The fraction of sp³-hybridized carbons (Fsp3) is 0.462. The number of nitrogens with zero attached hydrogens (tertiary/aromatic N) is 1. The second kappa shape index (κ2) is 8.04. The minimum atomic E-state index is -2.84. The predicted molar refractivity (Wildman–Crippen MR) is 79.2 cm³/mol. The van der Waals surface area contributed by atoms with Gasteiger partial charge >= 0.3 is 6.61 Å².